The van der Waals surface area contributed by atoms with E-state index >= 15 is 0 Å². The number of benzene rings is 6. The van der Waals surface area contributed by atoms with Gasteiger partial charge in [-0.15, -0.1) is 0 Å². The summed E-state index contributed by atoms with van der Waals surface area (Å²) in [5.41, 5.74) is 2.03. The molecule has 6 aromatic carbocycles. The van der Waals surface area contributed by atoms with Crippen molar-refractivity contribution in [2.75, 3.05) is 19.8 Å². The maximum Gasteiger partial charge on any atom is 0.243 e. The number of ether oxygens (including phenoxy) is 2. The summed E-state index contributed by atoms with van der Waals surface area (Å²) in [6, 6.07) is 21.6. The SMILES string of the molecule is C.Cc1cc(/C=C/C(=O)NCCCCCCOc2c(-c3ccc(O)c(O)c3)oc3cc(O)cc(O)c3c2=O)ccc1O.O=C(/C=C/c1ccc(O)c(O)c1)CCc1cn(CCCCCCOc2c(-c3ccc(O)c(O)c3)oc3cc(O)cc(O)c3c2=O)cn1. The number of unbranched alkanes of at least 4 members (excludes halogenated alkanes) is 6. The second-order valence-corrected chi connectivity index (χ2v) is 20.6. The predicted molar refractivity (Wildman–Crippen MR) is 333 cm³/mol. The fourth-order valence-electron chi connectivity index (χ4n) is 9.24. The van der Waals surface area contributed by atoms with E-state index in [0.717, 1.165) is 74.0 Å². The minimum absolute atomic E-state index is 0. The number of carbonyl (C=O) groups excluding carboxylic acids is 2. The number of nitrogens with zero attached hydrogens (tertiary/aromatic N) is 2. The normalized spacial score (nSPS) is 11.2. The summed E-state index contributed by atoms with van der Waals surface area (Å²) in [4.78, 5) is 55.3. The van der Waals surface area contributed by atoms with E-state index < -0.39 is 33.9 Å². The highest BCUT2D eigenvalue weighted by molar-refractivity contribution is 5.94. The topological polar surface area (TPSA) is 365 Å². The molecule has 0 fully saturated rings. The monoisotopic (exact) mass is 1220 g/mol. The highest BCUT2D eigenvalue weighted by atomic mass is 16.5. The van der Waals surface area contributed by atoms with E-state index in [0.29, 0.717) is 31.4 Å². The fourth-order valence-corrected chi connectivity index (χ4v) is 9.24. The van der Waals surface area contributed by atoms with Gasteiger partial charge in [0.05, 0.1) is 25.2 Å². The highest BCUT2D eigenvalue weighted by Crippen LogP contribution is 2.40. The van der Waals surface area contributed by atoms with Crippen molar-refractivity contribution in [3.8, 4) is 97.4 Å². The molecule has 1 amide bonds. The quantitative estimate of drug-likeness (QED) is 0.0144. The summed E-state index contributed by atoms with van der Waals surface area (Å²) >= 11 is 0. The van der Waals surface area contributed by atoms with Gasteiger partial charge in [0.1, 0.15) is 50.7 Å². The van der Waals surface area contributed by atoms with Crippen LogP contribution >= 0.6 is 0 Å². The number of carbonyl (C=O) groups is 2. The van der Waals surface area contributed by atoms with Crippen LogP contribution in [-0.2, 0) is 22.6 Å². The Balaban J connectivity index is 0.000000253. The van der Waals surface area contributed by atoms with Crippen molar-refractivity contribution in [3.63, 3.8) is 0 Å². The summed E-state index contributed by atoms with van der Waals surface area (Å²) in [5, 5.41) is 111. The van der Waals surface area contributed by atoms with Crippen LogP contribution in [0.3, 0.4) is 0 Å². The number of aryl methyl sites for hydroxylation is 3. The zero-order valence-electron chi connectivity index (χ0n) is 47.7. The molecule has 22 heteroatoms. The Kier molecular flexibility index (Phi) is 22.3. The van der Waals surface area contributed by atoms with Crippen LogP contribution in [0.2, 0.25) is 0 Å². The standard InChI is InChI=1S/C35H34N2O10.C31H31NO9.CH4/c38-24(9-5-21-6-11-26(40)28(42)15-21)10-8-23-19-37(20-36-23)13-3-1-2-4-14-46-35-33(45)32-30(44)17-25(39)18-31(32)47-34(35)22-7-12-27(41)29(43)16-22;1-18-14-19(6-9-22(18)34)7-11-27(38)32-12-4-2-3-5-13-40-31-29(39)28-25(37)16-21(33)17-26(28)41-30(31)20-8-10-23(35)24(36)15-20;/h5-7,9,11-12,15-20,39-44H,1-4,8,10,13-14H2;6-11,14-17,33-37H,2-5,12-13H2,1H3,(H,32,38);1H4/b9-5+;11-7+;. The molecule has 3 aromatic heterocycles. The van der Waals surface area contributed by atoms with Gasteiger partial charge in [0, 0.05) is 67.2 Å². The Bertz CT molecular complexity index is 4180. The summed E-state index contributed by atoms with van der Waals surface area (Å²) in [7, 11) is 0. The summed E-state index contributed by atoms with van der Waals surface area (Å²) in [6.07, 6.45) is 16.6. The zero-order valence-corrected chi connectivity index (χ0v) is 47.7. The number of amides is 1. The van der Waals surface area contributed by atoms with Crippen molar-refractivity contribution in [2.45, 2.75) is 85.1 Å². The number of fused-ring (bicyclic) bond motifs is 2. The van der Waals surface area contributed by atoms with Crippen LogP contribution in [0.5, 0.6) is 74.7 Å². The Hall–Kier alpha value is -11.0. The van der Waals surface area contributed by atoms with Gasteiger partial charge in [0.15, 0.2) is 51.8 Å². The molecule has 12 N–H and O–H groups in total. The third kappa shape index (κ3) is 17.3. The molecule has 89 heavy (non-hydrogen) atoms. The smallest absolute Gasteiger partial charge is 0.243 e. The highest BCUT2D eigenvalue weighted by Gasteiger charge is 2.24. The first-order chi connectivity index (χ1) is 42.2. The molecule has 0 bridgehead atoms. The molecule has 9 aromatic rings. The number of allylic oxidation sites excluding steroid dienone is 1. The van der Waals surface area contributed by atoms with E-state index in [9.17, 15) is 75.3 Å². The number of rotatable bonds is 25. The average molecular weight is 1220 g/mol. The minimum atomic E-state index is -0.649. The second-order valence-electron chi connectivity index (χ2n) is 20.6. The third-order valence-corrected chi connectivity index (χ3v) is 13.9. The van der Waals surface area contributed by atoms with Crippen molar-refractivity contribution < 1.29 is 84.1 Å². The molecule has 0 aliphatic rings. The van der Waals surface area contributed by atoms with Gasteiger partial charge in [0.25, 0.3) is 0 Å². The van der Waals surface area contributed by atoms with E-state index in [-0.39, 0.29) is 135 Å². The van der Waals surface area contributed by atoms with Gasteiger partial charge in [-0.3, -0.25) is 19.2 Å². The van der Waals surface area contributed by atoms with Crippen LogP contribution in [0, 0.1) is 6.92 Å². The number of phenols is 11. The number of phenolic OH excluding ortho intramolecular Hbond substituents is 11. The van der Waals surface area contributed by atoms with Gasteiger partial charge in [-0.2, -0.15) is 0 Å². The first-order valence-electron chi connectivity index (χ1n) is 28.1. The van der Waals surface area contributed by atoms with Crippen LogP contribution < -0.4 is 25.6 Å². The molecule has 3 heterocycles. The third-order valence-electron chi connectivity index (χ3n) is 13.9. The molecule has 22 nitrogen and oxygen atoms in total. The van der Waals surface area contributed by atoms with Crippen LogP contribution in [0.25, 0.3) is 56.7 Å². The number of ketones is 1. The summed E-state index contributed by atoms with van der Waals surface area (Å²) in [5.74, 6) is -4.02. The average Bonchev–Trinajstić information content (AvgIpc) is 1.13. The Labute approximate surface area is 509 Å². The van der Waals surface area contributed by atoms with Crippen LogP contribution in [-0.4, -0.2) is 97.2 Å². The lowest BCUT2D eigenvalue weighted by Gasteiger charge is -2.13. The fraction of sp³-hybridized carbons (Fsp3) is 0.239. The number of nitrogens with one attached hydrogen (secondary N) is 1. The van der Waals surface area contributed by atoms with E-state index in [1.807, 2.05) is 10.8 Å². The summed E-state index contributed by atoms with van der Waals surface area (Å²) < 4.78 is 25.3. The van der Waals surface area contributed by atoms with E-state index in [4.69, 9.17) is 18.3 Å². The van der Waals surface area contributed by atoms with Crippen LogP contribution in [0.15, 0.2) is 140 Å². The van der Waals surface area contributed by atoms with Gasteiger partial charge in [-0.25, -0.2) is 4.98 Å². The van der Waals surface area contributed by atoms with Crippen molar-refractivity contribution in [3.05, 3.63) is 165 Å². The lowest BCUT2D eigenvalue weighted by Crippen LogP contribution is -2.22. The number of hydrogen-bond acceptors (Lipinski definition) is 20. The van der Waals surface area contributed by atoms with Gasteiger partial charge >= 0.3 is 0 Å². The second kappa shape index (κ2) is 30.4. The largest absolute Gasteiger partial charge is 0.508 e. The first-order valence-corrected chi connectivity index (χ1v) is 28.1. The molecule has 466 valence electrons. The molecular formula is C67H69N3O19. The number of aromatic nitrogens is 2. The van der Waals surface area contributed by atoms with Crippen molar-refractivity contribution in [1.29, 1.82) is 0 Å². The molecule has 0 aliphatic carbocycles. The van der Waals surface area contributed by atoms with Gasteiger partial charge < -0.3 is 84.4 Å². The lowest BCUT2D eigenvalue weighted by molar-refractivity contribution is -0.116. The Morgan fingerprint density at radius 3 is 1.55 bits per heavy atom. The first kappa shape index (κ1) is 65.5. The molecule has 0 aliphatic heterocycles. The maximum absolute atomic E-state index is 13.3. The minimum Gasteiger partial charge on any atom is -0.508 e. The summed E-state index contributed by atoms with van der Waals surface area (Å²) in [6.45, 7) is 3.35. The van der Waals surface area contributed by atoms with Gasteiger partial charge in [-0.05, 0) is 129 Å². The maximum atomic E-state index is 13.3. The van der Waals surface area contributed by atoms with Gasteiger partial charge in [0.2, 0.25) is 28.3 Å². The van der Waals surface area contributed by atoms with Crippen molar-refractivity contribution in [1.82, 2.24) is 14.9 Å². The van der Waals surface area contributed by atoms with Crippen LogP contribution in [0.4, 0.5) is 0 Å². The molecular weight excluding hydrogens is 1150 g/mol. The zero-order chi connectivity index (χ0) is 63.0. The van der Waals surface area contributed by atoms with Crippen molar-refractivity contribution in [2.24, 2.45) is 0 Å². The number of aromatic hydroxyl groups is 11. The Morgan fingerprint density at radius 2 is 1.02 bits per heavy atom. The van der Waals surface area contributed by atoms with Gasteiger partial charge in [-0.1, -0.05) is 51.3 Å². The molecule has 0 atom stereocenters. The van der Waals surface area contributed by atoms with Crippen molar-refractivity contribution >= 4 is 45.8 Å². The lowest BCUT2D eigenvalue weighted by atomic mass is 10.1. The number of hydrogen-bond donors (Lipinski definition) is 12. The molecule has 0 radical (unpaired) electrons. The molecule has 0 spiro atoms. The molecule has 0 saturated carbocycles. The molecule has 0 saturated heterocycles. The van der Waals surface area contributed by atoms with E-state index in [1.165, 1.54) is 72.8 Å². The predicted octanol–water partition coefficient (Wildman–Crippen LogP) is 11.4. The molecule has 0 unspecified atom stereocenters. The van der Waals surface area contributed by atoms with E-state index in [2.05, 4.69) is 10.3 Å². The number of imidazole rings is 1. The molecule has 9 rings (SSSR count). The van der Waals surface area contributed by atoms with Crippen LogP contribution in [0.1, 0.15) is 87.6 Å². The van der Waals surface area contributed by atoms with E-state index in [1.54, 1.807) is 49.7 Å². The Morgan fingerprint density at radius 1 is 0.539 bits per heavy atom.